The molecule has 148 valence electrons. The lowest BCUT2D eigenvalue weighted by atomic mass is 9.84. The first-order valence-corrected chi connectivity index (χ1v) is 9.25. The predicted molar refractivity (Wildman–Crippen MR) is 97.5 cm³/mol. The average Bonchev–Trinajstić information content (AvgIpc) is 2.68. The van der Waals surface area contributed by atoms with Crippen LogP contribution in [0.15, 0.2) is 47.4 Å². The summed E-state index contributed by atoms with van der Waals surface area (Å²) in [4.78, 5) is 27.2. The van der Waals surface area contributed by atoms with E-state index in [-0.39, 0.29) is 23.2 Å². The number of amides is 1. The molecule has 3 fully saturated rings. The Bertz CT molecular complexity index is 946. The monoisotopic (exact) mass is 391 g/mol. The number of alkyl halides is 3. The maximum Gasteiger partial charge on any atom is 0.416 e. The molecule has 2 bridgehead atoms. The molecule has 1 amide bonds. The highest BCUT2D eigenvalue weighted by atomic mass is 19.4. The molecule has 3 aliphatic rings. The third-order valence-electron chi connectivity index (χ3n) is 5.60. The zero-order chi connectivity index (χ0) is 19.9. The summed E-state index contributed by atoms with van der Waals surface area (Å²) in [5.74, 6) is 0.128. The van der Waals surface area contributed by atoms with E-state index < -0.39 is 17.3 Å². The molecule has 0 saturated carbocycles. The molecule has 1 aromatic carbocycles. The molecule has 4 heterocycles. The van der Waals surface area contributed by atoms with Crippen molar-refractivity contribution in [3.8, 4) is 5.69 Å². The third-order valence-corrected chi connectivity index (χ3v) is 5.60. The van der Waals surface area contributed by atoms with Crippen LogP contribution in [0.2, 0.25) is 0 Å². The summed E-state index contributed by atoms with van der Waals surface area (Å²) in [5.41, 5.74) is -1.04. The Morgan fingerprint density at radius 3 is 2.50 bits per heavy atom. The number of aromatic nitrogens is 1. The van der Waals surface area contributed by atoms with Crippen LogP contribution in [0.3, 0.4) is 0 Å². The van der Waals surface area contributed by atoms with Gasteiger partial charge in [0.2, 0.25) is 0 Å². The van der Waals surface area contributed by atoms with Crippen molar-refractivity contribution in [3.63, 3.8) is 0 Å². The molecule has 5 rings (SSSR count). The number of hydrogen-bond acceptors (Lipinski definition) is 3. The van der Waals surface area contributed by atoms with Crippen molar-refractivity contribution in [1.29, 1.82) is 0 Å². The van der Waals surface area contributed by atoms with Crippen molar-refractivity contribution in [2.75, 3.05) is 19.6 Å². The zero-order valence-electron chi connectivity index (χ0n) is 15.1. The van der Waals surface area contributed by atoms with Crippen LogP contribution >= 0.6 is 0 Å². The van der Waals surface area contributed by atoms with Gasteiger partial charge in [0.15, 0.2) is 0 Å². The van der Waals surface area contributed by atoms with Crippen LogP contribution in [0, 0.1) is 5.92 Å². The Hall–Kier alpha value is -2.61. The van der Waals surface area contributed by atoms with Crippen LogP contribution in [0.25, 0.3) is 5.69 Å². The minimum absolute atomic E-state index is 0.0592. The lowest BCUT2D eigenvalue weighted by Gasteiger charge is -2.44. The van der Waals surface area contributed by atoms with Gasteiger partial charge >= 0.3 is 6.18 Å². The lowest BCUT2D eigenvalue weighted by Crippen LogP contribution is -2.57. The maximum absolute atomic E-state index is 13.0. The van der Waals surface area contributed by atoms with Gasteiger partial charge in [-0.3, -0.25) is 14.2 Å². The Kier molecular flexibility index (Phi) is 4.74. The Balaban J connectivity index is 1.59. The van der Waals surface area contributed by atoms with Crippen molar-refractivity contribution >= 4 is 5.91 Å². The molecular weight excluding hydrogens is 371 g/mol. The van der Waals surface area contributed by atoms with Crippen molar-refractivity contribution in [2.24, 2.45) is 5.92 Å². The second-order valence-corrected chi connectivity index (χ2v) is 7.39. The van der Waals surface area contributed by atoms with Crippen molar-refractivity contribution in [3.05, 3.63) is 64.1 Å². The highest BCUT2D eigenvalue weighted by molar-refractivity contribution is 5.94. The van der Waals surface area contributed by atoms with Gasteiger partial charge in [-0.2, -0.15) is 13.2 Å². The molecule has 1 atom stereocenters. The molecule has 0 aliphatic carbocycles. The van der Waals surface area contributed by atoms with Gasteiger partial charge in [-0.1, -0.05) is 6.07 Å². The van der Waals surface area contributed by atoms with E-state index in [2.05, 4.69) is 10.2 Å². The smallest absolute Gasteiger partial charge is 0.348 e. The minimum atomic E-state index is -4.51. The lowest BCUT2D eigenvalue weighted by molar-refractivity contribution is -0.137. The van der Waals surface area contributed by atoms with Gasteiger partial charge in [-0.15, -0.1) is 0 Å². The SMILES string of the molecule is O=C(NC1CN2CCC1CC2)c1ccc(=O)n(-c2cccc(C(F)(F)F)c2)c1. The van der Waals surface area contributed by atoms with E-state index in [0.29, 0.717) is 5.92 Å². The summed E-state index contributed by atoms with van der Waals surface area (Å²) in [6.45, 7) is 2.92. The molecule has 1 N–H and O–H groups in total. The van der Waals surface area contributed by atoms with Crippen molar-refractivity contribution in [1.82, 2.24) is 14.8 Å². The number of hydrogen-bond donors (Lipinski definition) is 1. The third kappa shape index (κ3) is 3.69. The minimum Gasteiger partial charge on any atom is -0.348 e. The van der Waals surface area contributed by atoms with E-state index in [1.807, 2.05) is 0 Å². The Labute approximate surface area is 159 Å². The number of piperidine rings is 3. The van der Waals surface area contributed by atoms with Crippen LogP contribution < -0.4 is 10.9 Å². The second kappa shape index (κ2) is 7.09. The molecule has 1 unspecified atom stereocenters. The normalized spacial score (nSPS) is 24.2. The number of rotatable bonds is 3. The number of nitrogens with one attached hydrogen (secondary N) is 1. The van der Waals surface area contributed by atoms with Crippen LogP contribution in [-0.2, 0) is 6.18 Å². The number of nitrogens with zero attached hydrogens (tertiary/aromatic N) is 2. The van der Waals surface area contributed by atoms with Gasteiger partial charge in [0.25, 0.3) is 11.5 Å². The van der Waals surface area contributed by atoms with Crippen molar-refractivity contribution < 1.29 is 18.0 Å². The predicted octanol–water partition coefficient (Wildman–Crippen LogP) is 2.68. The standard InChI is InChI=1S/C20H20F3N3O2/c21-20(22,23)15-2-1-3-16(10-15)26-11-14(4-5-18(26)27)19(28)24-17-12-25-8-6-13(17)7-9-25/h1-5,10-11,13,17H,6-9,12H2,(H,24,28). The fourth-order valence-electron chi connectivity index (χ4n) is 4.04. The molecule has 0 spiro atoms. The number of carbonyl (C=O) groups excluding carboxylic acids is 1. The van der Waals surface area contributed by atoms with E-state index in [0.717, 1.165) is 49.2 Å². The van der Waals surface area contributed by atoms with Crippen molar-refractivity contribution in [2.45, 2.75) is 25.1 Å². The van der Waals surface area contributed by atoms with Crippen LogP contribution in [0.5, 0.6) is 0 Å². The first-order chi connectivity index (χ1) is 13.3. The fourth-order valence-corrected chi connectivity index (χ4v) is 4.04. The molecule has 8 heteroatoms. The summed E-state index contributed by atoms with van der Waals surface area (Å²) in [5, 5.41) is 3.02. The van der Waals surface area contributed by atoms with E-state index in [9.17, 15) is 22.8 Å². The zero-order valence-corrected chi connectivity index (χ0v) is 15.1. The number of pyridine rings is 1. The molecule has 3 saturated heterocycles. The largest absolute Gasteiger partial charge is 0.416 e. The highest BCUT2D eigenvalue weighted by Crippen LogP contribution is 2.30. The van der Waals surface area contributed by atoms with Gasteiger partial charge < -0.3 is 10.2 Å². The fraction of sp³-hybridized carbons (Fsp3) is 0.400. The van der Waals surface area contributed by atoms with Gasteiger partial charge in [0.1, 0.15) is 0 Å². The highest BCUT2D eigenvalue weighted by Gasteiger charge is 2.35. The first kappa shape index (κ1) is 18.7. The van der Waals surface area contributed by atoms with E-state index in [1.54, 1.807) is 0 Å². The Morgan fingerprint density at radius 1 is 1.11 bits per heavy atom. The number of fused-ring (bicyclic) bond motifs is 3. The topological polar surface area (TPSA) is 54.3 Å². The molecule has 2 aromatic rings. The van der Waals surface area contributed by atoms with Gasteiger partial charge in [0, 0.05) is 30.5 Å². The number of carbonyl (C=O) groups is 1. The molecular formula is C20H20F3N3O2. The molecule has 0 radical (unpaired) electrons. The summed E-state index contributed by atoms with van der Waals surface area (Å²) in [6.07, 6.45) is -1.11. The summed E-state index contributed by atoms with van der Waals surface area (Å²) in [6, 6.07) is 7.16. The van der Waals surface area contributed by atoms with Gasteiger partial charge in [0.05, 0.1) is 11.1 Å². The number of benzene rings is 1. The number of halogens is 3. The van der Waals surface area contributed by atoms with Crippen LogP contribution in [0.1, 0.15) is 28.8 Å². The molecule has 3 aliphatic heterocycles. The molecule has 1 aromatic heterocycles. The van der Waals surface area contributed by atoms with E-state index in [4.69, 9.17) is 0 Å². The summed E-state index contributed by atoms with van der Waals surface area (Å²) >= 11 is 0. The summed E-state index contributed by atoms with van der Waals surface area (Å²) < 4.78 is 40.0. The van der Waals surface area contributed by atoms with Crippen LogP contribution in [-0.4, -0.2) is 41.1 Å². The van der Waals surface area contributed by atoms with E-state index >= 15 is 0 Å². The Morgan fingerprint density at radius 2 is 1.86 bits per heavy atom. The summed E-state index contributed by atoms with van der Waals surface area (Å²) in [7, 11) is 0. The quantitative estimate of drug-likeness (QED) is 0.875. The average molecular weight is 391 g/mol. The first-order valence-electron chi connectivity index (χ1n) is 9.25. The maximum atomic E-state index is 13.0. The van der Waals surface area contributed by atoms with Gasteiger partial charge in [-0.05, 0) is 56.1 Å². The van der Waals surface area contributed by atoms with Gasteiger partial charge in [-0.25, -0.2) is 0 Å². The molecule has 28 heavy (non-hydrogen) atoms. The second-order valence-electron chi connectivity index (χ2n) is 7.39. The van der Waals surface area contributed by atoms with Crippen LogP contribution in [0.4, 0.5) is 13.2 Å². The molecule has 5 nitrogen and oxygen atoms in total. The van der Waals surface area contributed by atoms with E-state index in [1.165, 1.54) is 30.5 Å².